The van der Waals surface area contributed by atoms with Gasteiger partial charge in [0.1, 0.15) is 17.4 Å². The van der Waals surface area contributed by atoms with Gasteiger partial charge in [0, 0.05) is 44.5 Å². The number of carbonyl (C=O) groups excluding carboxylic acids is 1. The third-order valence-corrected chi connectivity index (χ3v) is 8.56. The number of benzene rings is 1. The van der Waals surface area contributed by atoms with E-state index in [4.69, 9.17) is 9.47 Å². The average Bonchev–Trinajstić information content (AvgIpc) is 3.43. The number of likely N-dealkylation sites (tertiary alicyclic amines) is 1. The summed E-state index contributed by atoms with van der Waals surface area (Å²) >= 11 is 0. The van der Waals surface area contributed by atoms with Crippen LogP contribution in [0, 0.1) is 0 Å². The van der Waals surface area contributed by atoms with E-state index in [2.05, 4.69) is 20.4 Å². The van der Waals surface area contributed by atoms with Crippen molar-refractivity contribution in [3.63, 3.8) is 0 Å². The number of aliphatic hydroxyl groups excluding tert-OH is 1. The van der Waals surface area contributed by atoms with Crippen LogP contribution in [0.4, 0.5) is 38.0 Å². The number of anilines is 2. The minimum absolute atomic E-state index is 0.163. The van der Waals surface area contributed by atoms with E-state index in [-0.39, 0.29) is 31.0 Å². The first kappa shape index (κ1) is 35.8. The molecule has 3 atom stereocenters. The molecule has 2 N–H and O–H groups in total. The Hall–Kier alpha value is -4.45. The fraction of sp³-hybridized carbons (Fsp3) is 0.516. The van der Waals surface area contributed by atoms with Crippen molar-refractivity contribution in [2.75, 3.05) is 43.6 Å². The van der Waals surface area contributed by atoms with E-state index < -0.39 is 53.0 Å². The number of nitrogens with one attached hydrogen (secondary N) is 1. The molecule has 2 aliphatic rings. The SMILES string of the molecule is COc1ccc(Cn2ncc(N[C@H](COC3CCN(C4CCN(c5ncc(C(F)(F)F)cn5)CC4)C3=O)[C@@H](C)O)c(C(F)(F)F)c2=O)cc1. The summed E-state index contributed by atoms with van der Waals surface area (Å²) in [4.78, 5) is 37.3. The zero-order valence-corrected chi connectivity index (χ0v) is 26.5. The quantitative estimate of drug-likeness (QED) is 0.286. The largest absolute Gasteiger partial charge is 0.497 e. The van der Waals surface area contributed by atoms with Crippen LogP contribution in [0.3, 0.4) is 0 Å². The normalized spacial score (nSPS) is 18.9. The molecular weight excluding hydrogens is 664 g/mol. The molecule has 0 bridgehead atoms. The molecule has 5 rings (SSSR count). The van der Waals surface area contributed by atoms with E-state index in [1.54, 1.807) is 34.1 Å². The van der Waals surface area contributed by atoms with Crippen LogP contribution in [-0.2, 0) is 28.4 Å². The van der Waals surface area contributed by atoms with Crippen LogP contribution in [0.2, 0.25) is 0 Å². The predicted molar refractivity (Wildman–Crippen MR) is 163 cm³/mol. The Labute approximate surface area is 276 Å². The number of hydrogen-bond acceptors (Lipinski definition) is 10. The molecule has 1 aromatic carbocycles. The molecular formula is C31H35F6N7O5. The minimum atomic E-state index is -5.05. The maximum atomic E-state index is 14.2. The lowest BCUT2D eigenvalue weighted by Crippen LogP contribution is -2.47. The topological polar surface area (TPSA) is 135 Å². The maximum absolute atomic E-state index is 14.2. The third kappa shape index (κ3) is 8.41. The number of halogens is 6. The van der Waals surface area contributed by atoms with Gasteiger partial charge in [-0.15, -0.1) is 0 Å². The molecule has 1 unspecified atom stereocenters. The molecule has 0 aliphatic carbocycles. The number of carbonyl (C=O) groups is 1. The van der Waals surface area contributed by atoms with Crippen molar-refractivity contribution in [2.45, 2.75) is 69.4 Å². The number of methoxy groups -OCH3 is 1. The average molecular weight is 700 g/mol. The second kappa shape index (κ2) is 14.6. The minimum Gasteiger partial charge on any atom is -0.497 e. The number of rotatable bonds is 11. The first-order valence-corrected chi connectivity index (χ1v) is 15.5. The molecule has 2 saturated heterocycles. The van der Waals surface area contributed by atoms with Crippen molar-refractivity contribution in [1.29, 1.82) is 0 Å². The van der Waals surface area contributed by atoms with Gasteiger partial charge in [0.2, 0.25) is 5.95 Å². The molecule has 2 aliphatic heterocycles. The number of hydrogen-bond donors (Lipinski definition) is 2. The molecule has 0 saturated carbocycles. The van der Waals surface area contributed by atoms with Crippen LogP contribution in [0.5, 0.6) is 5.75 Å². The molecule has 4 heterocycles. The third-order valence-electron chi connectivity index (χ3n) is 8.56. The second-order valence-electron chi connectivity index (χ2n) is 11.9. The first-order valence-electron chi connectivity index (χ1n) is 15.5. The van der Waals surface area contributed by atoms with Crippen LogP contribution in [-0.4, -0.2) is 93.3 Å². The molecule has 0 radical (unpaired) electrons. The van der Waals surface area contributed by atoms with Gasteiger partial charge in [-0.2, -0.15) is 31.4 Å². The summed E-state index contributed by atoms with van der Waals surface area (Å²) in [5.74, 6) is 0.386. The van der Waals surface area contributed by atoms with Gasteiger partial charge < -0.3 is 29.7 Å². The molecule has 12 nitrogen and oxygen atoms in total. The Morgan fingerprint density at radius 2 is 1.61 bits per heavy atom. The molecule has 0 spiro atoms. The van der Waals surface area contributed by atoms with Crippen molar-refractivity contribution < 1.29 is 45.7 Å². The van der Waals surface area contributed by atoms with E-state index in [1.165, 1.54) is 14.0 Å². The van der Waals surface area contributed by atoms with Gasteiger partial charge in [0.05, 0.1) is 49.9 Å². The molecule has 266 valence electrons. The van der Waals surface area contributed by atoms with Crippen molar-refractivity contribution in [3.05, 3.63) is 69.9 Å². The van der Waals surface area contributed by atoms with E-state index in [0.29, 0.717) is 54.9 Å². The summed E-state index contributed by atoms with van der Waals surface area (Å²) < 4.78 is 92.6. The van der Waals surface area contributed by atoms with Gasteiger partial charge in [-0.25, -0.2) is 14.6 Å². The van der Waals surface area contributed by atoms with Gasteiger partial charge in [-0.3, -0.25) is 9.59 Å². The Morgan fingerprint density at radius 1 is 0.959 bits per heavy atom. The zero-order chi connectivity index (χ0) is 35.5. The molecule has 2 fully saturated rings. The maximum Gasteiger partial charge on any atom is 0.423 e. The number of aromatic nitrogens is 4. The zero-order valence-electron chi connectivity index (χ0n) is 26.5. The number of amides is 1. The van der Waals surface area contributed by atoms with Gasteiger partial charge in [-0.05, 0) is 37.5 Å². The second-order valence-corrected chi connectivity index (χ2v) is 11.9. The molecule has 1 amide bonds. The fourth-order valence-electron chi connectivity index (χ4n) is 5.81. The molecule has 49 heavy (non-hydrogen) atoms. The summed E-state index contributed by atoms with van der Waals surface area (Å²) in [6, 6.07) is 5.11. The van der Waals surface area contributed by atoms with E-state index >= 15 is 0 Å². The lowest BCUT2D eigenvalue weighted by molar-refractivity contribution is -0.140. The van der Waals surface area contributed by atoms with Gasteiger partial charge >= 0.3 is 12.4 Å². The lowest BCUT2D eigenvalue weighted by Gasteiger charge is -2.36. The molecule has 3 aromatic rings. The van der Waals surface area contributed by atoms with Crippen LogP contribution < -0.4 is 20.5 Å². The highest BCUT2D eigenvalue weighted by Gasteiger charge is 2.41. The Kier molecular flexibility index (Phi) is 10.7. The van der Waals surface area contributed by atoms with Crippen LogP contribution >= 0.6 is 0 Å². The molecule has 18 heteroatoms. The first-order chi connectivity index (χ1) is 23.2. The van der Waals surface area contributed by atoms with E-state index in [9.17, 15) is 41.0 Å². The number of piperidine rings is 1. The van der Waals surface area contributed by atoms with Crippen molar-refractivity contribution in [2.24, 2.45) is 0 Å². The number of alkyl halides is 6. The van der Waals surface area contributed by atoms with E-state index in [0.717, 1.165) is 18.6 Å². The summed E-state index contributed by atoms with van der Waals surface area (Å²) in [6.07, 6.45) is -8.08. The highest BCUT2D eigenvalue weighted by Crippen LogP contribution is 2.33. The monoisotopic (exact) mass is 699 g/mol. The summed E-state index contributed by atoms with van der Waals surface area (Å²) in [6.45, 7) is 1.95. The summed E-state index contributed by atoms with van der Waals surface area (Å²) in [7, 11) is 1.47. The van der Waals surface area contributed by atoms with Crippen LogP contribution in [0.25, 0.3) is 0 Å². The van der Waals surface area contributed by atoms with Gasteiger partial charge in [0.15, 0.2) is 0 Å². The highest BCUT2D eigenvalue weighted by molar-refractivity contribution is 5.83. The fourth-order valence-corrected chi connectivity index (χ4v) is 5.81. The molecule has 2 aromatic heterocycles. The predicted octanol–water partition coefficient (Wildman–Crippen LogP) is 3.58. The van der Waals surface area contributed by atoms with Crippen LogP contribution in [0.15, 0.2) is 47.7 Å². The lowest BCUT2D eigenvalue weighted by atomic mass is 10.0. The summed E-state index contributed by atoms with van der Waals surface area (Å²) in [5.41, 5.74) is -3.93. The summed E-state index contributed by atoms with van der Waals surface area (Å²) in [5, 5.41) is 16.9. The van der Waals surface area contributed by atoms with Gasteiger partial charge in [0.25, 0.3) is 11.5 Å². The standard InChI is InChI=1S/C31H35F6N7O5/c1-18(45)24(41-23-15-40-44(28(47)26(23)31(35,36)37)16-19-3-5-22(48-2)6-4-19)17-49-25-9-12-43(27(25)46)21-7-10-42(11-8-21)29-38-13-20(14-39-29)30(32,33)34/h3-6,13-15,18,21,24-25,41,45H,7-12,16-17H2,1-2H3/t18-,24-,25?/m1/s1. The number of aliphatic hydroxyl groups is 1. The Bertz CT molecular complexity index is 1640. The Balaban J connectivity index is 1.19. The smallest absolute Gasteiger partial charge is 0.423 e. The van der Waals surface area contributed by atoms with Crippen molar-refractivity contribution in [1.82, 2.24) is 24.6 Å². The number of ether oxygens (including phenoxy) is 2. The number of nitrogens with zero attached hydrogens (tertiary/aromatic N) is 6. The van der Waals surface area contributed by atoms with Crippen molar-refractivity contribution >= 4 is 17.5 Å². The Morgan fingerprint density at radius 3 is 2.18 bits per heavy atom. The van der Waals surface area contributed by atoms with Crippen LogP contribution in [0.1, 0.15) is 42.9 Å². The van der Waals surface area contributed by atoms with Gasteiger partial charge in [-0.1, -0.05) is 12.1 Å². The van der Waals surface area contributed by atoms with Crippen molar-refractivity contribution in [3.8, 4) is 5.75 Å². The van der Waals surface area contributed by atoms with E-state index in [1.807, 2.05) is 0 Å². The highest BCUT2D eigenvalue weighted by atomic mass is 19.4.